The molecule has 0 bridgehead atoms. The standard InChI is InChI=1S/C28H39ClN4O6/c1-4-32(19-25(38-5-2)39-6-3)27(35)23(16-20-12-14-22(29)15-13-20)31-26(34)24(17-30)33(28(36)37)18-21-10-8-7-9-11-21/h7-15,23-25H,4-6,16-19,30H2,1-3H3,(H,31,34)(H,36,37). The van der Waals surface area contributed by atoms with Crippen molar-refractivity contribution in [2.24, 2.45) is 5.73 Å². The Labute approximate surface area is 235 Å². The van der Waals surface area contributed by atoms with Crippen LogP contribution in [-0.4, -0.2) is 84.0 Å². The SMILES string of the molecule is CCOC(CN(CC)C(=O)C(Cc1ccc(Cl)cc1)NC(=O)C(CN)N(Cc1ccccc1)C(=O)O)OCC. The van der Waals surface area contributed by atoms with E-state index in [0.717, 1.165) is 10.5 Å². The summed E-state index contributed by atoms with van der Waals surface area (Å²) in [5.41, 5.74) is 7.37. The third-order valence-electron chi connectivity index (χ3n) is 6.08. The molecule has 2 rings (SSSR count). The number of carboxylic acid groups (broad SMARTS) is 1. The topological polar surface area (TPSA) is 134 Å². The van der Waals surface area contributed by atoms with Crippen molar-refractivity contribution in [2.45, 2.75) is 52.1 Å². The molecule has 2 aromatic carbocycles. The molecule has 2 atom stereocenters. The van der Waals surface area contributed by atoms with E-state index in [1.54, 1.807) is 53.4 Å². The van der Waals surface area contributed by atoms with E-state index in [1.807, 2.05) is 26.8 Å². The summed E-state index contributed by atoms with van der Waals surface area (Å²) in [6.07, 6.45) is -1.76. The fraction of sp³-hybridized carbons (Fsp3) is 0.464. The maximum absolute atomic E-state index is 13.7. The van der Waals surface area contributed by atoms with Gasteiger partial charge >= 0.3 is 6.09 Å². The molecule has 39 heavy (non-hydrogen) atoms. The average Bonchev–Trinajstić information content (AvgIpc) is 2.92. The summed E-state index contributed by atoms with van der Waals surface area (Å²) < 4.78 is 11.2. The van der Waals surface area contributed by atoms with Gasteiger partial charge in [-0.25, -0.2) is 4.79 Å². The summed E-state index contributed by atoms with van der Waals surface area (Å²) in [5, 5.41) is 13.2. The van der Waals surface area contributed by atoms with Crippen LogP contribution in [0.25, 0.3) is 0 Å². The number of nitrogens with zero attached hydrogens (tertiary/aromatic N) is 2. The molecule has 0 fully saturated rings. The lowest BCUT2D eigenvalue weighted by atomic mass is 10.0. The van der Waals surface area contributed by atoms with Gasteiger partial charge in [-0.2, -0.15) is 0 Å². The van der Waals surface area contributed by atoms with E-state index in [-0.39, 0.29) is 32.0 Å². The largest absolute Gasteiger partial charge is 0.465 e. The Kier molecular flexibility index (Phi) is 13.7. The molecule has 10 nitrogen and oxygen atoms in total. The lowest BCUT2D eigenvalue weighted by molar-refractivity contribution is -0.160. The van der Waals surface area contributed by atoms with Gasteiger partial charge < -0.3 is 30.5 Å². The van der Waals surface area contributed by atoms with Crippen molar-refractivity contribution >= 4 is 29.5 Å². The summed E-state index contributed by atoms with van der Waals surface area (Å²) in [5.74, 6) is -1.02. The molecular formula is C28H39ClN4O6. The maximum atomic E-state index is 13.7. The minimum atomic E-state index is -1.29. The molecule has 0 aliphatic heterocycles. The van der Waals surface area contributed by atoms with Crippen LogP contribution >= 0.6 is 11.6 Å². The molecule has 0 saturated carbocycles. The molecule has 2 unspecified atom stereocenters. The zero-order valence-electron chi connectivity index (χ0n) is 22.7. The first-order valence-corrected chi connectivity index (χ1v) is 13.4. The van der Waals surface area contributed by atoms with Gasteiger partial charge in [-0.15, -0.1) is 0 Å². The van der Waals surface area contributed by atoms with Crippen LogP contribution in [0.4, 0.5) is 4.79 Å². The molecule has 0 heterocycles. The van der Waals surface area contributed by atoms with Crippen molar-refractivity contribution in [3.8, 4) is 0 Å². The second kappa shape index (κ2) is 16.7. The number of carbonyl (C=O) groups excluding carboxylic acids is 2. The first-order chi connectivity index (χ1) is 18.7. The summed E-state index contributed by atoms with van der Waals surface area (Å²) in [4.78, 5) is 41.9. The van der Waals surface area contributed by atoms with Crippen molar-refractivity contribution in [2.75, 3.05) is 32.8 Å². The van der Waals surface area contributed by atoms with Gasteiger partial charge in [0.25, 0.3) is 0 Å². The van der Waals surface area contributed by atoms with E-state index >= 15 is 0 Å². The average molecular weight is 563 g/mol. The molecule has 0 radical (unpaired) electrons. The Hall–Kier alpha value is -3.18. The van der Waals surface area contributed by atoms with Crippen LogP contribution in [0, 0.1) is 0 Å². The Bertz CT molecular complexity index is 1030. The van der Waals surface area contributed by atoms with E-state index in [4.69, 9.17) is 26.8 Å². The quantitative estimate of drug-likeness (QED) is 0.268. The van der Waals surface area contributed by atoms with Gasteiger partial charge in [-0.1, -0.05) is 54.1 Å². The highest BCUT2D eigenvalue weighted by Crippen LogP contribution is 2.14. The molecular weight excluding hydrogens is 524 g/mol. The Balaban J connectivity index is 2.32. The van der Waals surface area contributed by atoms with Crippen LogP contribution in [0.5, 0.6) is 0 Å². The number of carbonyl (C=O) groups is 3. The molecule has 0 saturated heterocycles. The molecule has 0 spiro atoms. The molecule has 0 aliphatic carbocycles. The molecule has 0 aliphatic rings. The van der Waals surface area contributed by atoms with Crippen molar-refractivity contribution < 1.29 is 29.0 Å². The first kappa shape index (κ1) is 32.0. The third kappa shape index (κ3) is 10.1. The van der Waals surface area contributed by atoms with Crippen molar-refractivity contribution in [1.29, 1.82) is 0 Å². The number of benzene rings is 2. The molecule has 3 amide bonds. The first-order valence-electron chi connectivity index (χ1n) is 13.0. The van der Waals surface area contributed by atoms with Crippen LogP contribution < -0.4 is 11.1 Å². The predicted octanol–water partition coefficient (Wildman–Crippen LogP) is 3.12. The lowest BCUT2D eigenvalue weighted by Gasteiger charge is -2.32. The number of amides is 3. The highest BCUT2D eigenvalue weighted by molar-refractivity contribution is 6.30. The Morgan fingerprint density at radius 2 is 1.59 bits per heavy atom. The molecule has 11 heteroatoms. The fourth-order valence-electron chi connectivity index (χ4n) is 4.09. The van der Waals surface area contributed by atoms with E-state index in [2.05, 4.69) is 5.32 Å². The highest BCUT2D eigenvalue weighted by atomic mass is 35.5. The normalized spacial score (nSPS) is 12.6. The third-order valence-corrected chi connectivity index (χ3v) is 6.33. The van der Waals surface area contributed by atoms with Gasteiger partial charge in [0.2, 0.25) is 11.8 Å². The second-order valence-electron chi connectivity index (χ2n) is 8.76. The van der Waals surface area contributed by atoms with Crippen molar-refractivity contribution in [3.63, 3.8) is 0 Å². The number of likely N-dealkylation sites (N-methyl/N-ethyl adjacent to an activating group) is 1. The van der Waals surface area contributed by atoms with Crippen LogP contribution in [0.2, 0.25) is 5.02 Å². The van der Waals surface area contributed by atoms with Crippen molar-refractivity contribution in [1.82, 2.24) is 15.1 Å². The minimum Gasteiger partial charge on any atom is -0.465 e. The van der Waals surface area contributed by atoms with E-state index in [0.29, 0.717) is 30.3 Å². The van der Waals surface area contributed by atoms with Gasteiger partial charge in [-0.3, -0.25) is 14.5 Å². The van der Waals surface area contributed by atoms with Crippen LogP contribution in [-0.2, 0) is 32.0 Å². The number of rotatable bonds is 16. The Morgan fingerprint density at radius 3 is 2.10 bits per heavy atom. The zero-order chi connectivity index (χ0) is 28.8. The van der Waals surface area contributed by atoms with Gasteiger partial charge in [0.15, 0.2) is 6.29 Å². The highest BCUT2D eigenvalue weighted by Gasteiger charge is 2.33. The maximum Gasteiger partial charge on any atom is 0.408 e. The van der Waals surface area contributed by atoms with Gasteiger partial charge in [0.05, 0.1) is 6.54 Å². The number of halogens is 1. The van der Waals surface area contributed by atoms with E-state index in [1.165, 1.54) is 0 Å². The fourth-order valence-corrected chi connectivity index (χ4v) is 4.22. The minimum absolute atomic E-state index is 0.0350. The molecule has 0 aromatic heterocycles. The second-order valence-corrected chi connectivity index (χ2v) is 9.19. The molecule has 214 valence electrons. The van der Waals surface area contributed by atoms with Crippen LogP contribution in [0.15, 0.2) is 54.6 Å². The number of hydrogen-bond acceptors (Lipinski definition) is 6. The Morgan fingerprint density at radius 1 is 0.974 bits per heavy atom. The zero-order valence-corrected chi connectivity index (χ0v) is 23.5. The van der Waals surface area contributed by atoms with Crippen LogP contribution in [0.1, 0.15) is 31.9 Å². The van der Waals surface area contributed by atoms with Crippen LogP contribution in [0.3, 0.4) is 0 Å². The molecule has 2 aromatic rings. The number of nitrogens with one attached hydrogen (secondary N) is 1. The summed E-state index contributed by atoms with van der Waals surface area (Å²) >= 11 is 6.03. The monoisotopic (exact) mass is 562 g/mol. The van der Waals surface area contributed by atoms with Gasteiger partial charge in [-0.05, 0) is 44.0 Å². The number of nitrogens with two attached hydrogens (primary N) is 1. The van der Waals surface area contributed by atoms with Gasteiger partial charge in [0, 0.05) is 44.3 Å². The predicted molar refractivity (Wildman–Crippen MR) is 149 cm³/mol. The van der Waals surface area contributed by atoms with Crippen molar-refractivity contribution in [3.05, 3.63) is 70.7 Å². The smallest absolute Gasteiger partial charge is 0.408 e. The van der Waals surface area contributed by atoms with E-state index < -0.39 is 30.4 Å². The number of ether oxygens (including phenoxy) is 2. The molecule has 4 N–H and O–H groups in total. The van der Waals surface area contributed by atoms with E-state index in [9.17, 15) is 19.5 Å². The summed E-state index contributed by atoms with van der Waals surface area (Å²) in [6, 6.07) is 13.6. The lowest BCUT2D eigenvalue weighted by Crippen LogP contribution is -2.58. The van der Waals surface area contributed by atoms with Gasteiger partial charge in [0.1, 0.15) is 12.1 Å². The number of hydrogen-bond donors (Lipinski definition) is 3. The summed E-state index contributed by atoms with van der Waals surface area (Å²) in [7, 11) is 0. The summed E-state index contributed by atoms with van der Waals surface area (Å²) in [6.45, 7) is 6.53.